The van der Waals surface area contributed by atoms with Gasteiger partial charge in [0.25, 0.3) is 0 Å². The molecule has 0 spiro atoms. The van der Waals surface area contributed by atoms with Crippen molar-refractivity contribution in [1.29, 1.82) is 5.26 Å². The van der Waals surface area contributed by atoms with Crippen LogP contribution in [-0.2, 0) is 6.54 Å². The highest BCUT2D eigenvalue weighted by atomic mass is 35.5. The van der Waals surface area contributed by atoms with Gasteiger partial charge in [-0.3, -0.25) is 0 Å². The van der Waals surface area contributed by atoms with Crippen molar-refractivity contribution in [3.8, 4) is 6.07 Å². The number of hydrogen-bond donors (Lipinski definition) is 0. The van der Waals surface area contributed by atoms with E-state index >= 15 is 0 Å². The first-order valence-electron chi connectivity index (χ1n) is 5.36. The van der Waals surface area contributed by atoms with Crippen molar-refractivity contribution in [3.05, 3.63) is 50.7 Å². The third kappa shape index (κ3) is 2.86. The number of halogens is 3. The standard InChI is InChI=1S/C13H9ClF2N2S/c1-18(7-9-3-5-11(14)19-9)10-4-2-8(6-17)12(15)13(10)16/h2-5H,7H2,1H3. The molecule has 0 aliphatic carbocycles. The maximum absolute atomic E-state index is 13.8. The van der Waals surface area contributed by atoms with Crippen molar-refractivity contribution >= 4 is 28.6 Å². The molecule has 2 nitrogen and oxygen atoms in total. The highest BCUT2D eigenvalue weighted by Gasteiger charge is 2.16. The van der Waals surface area contributed by atoms with Crippen LogP contribution in [0.2, 0.25) is 4.34 Å². The van der Waals surface area contributed by atoms with Crippen LogP contribution < -0.4 is 4.90 Å². The number of thiophene rings is 1. The zero-order valence-corrected chi connectivity index (χ0v) is 11.5. The lowest BCUT2D eigenvalue weighted by atomic mass is 10.2. The number of benzene rings is 1. The zero-order chi connectivity index (χ0) is 14.0. The van der Waals surface area contributed by atoms with Gasteiger partial charge in [0.15, 0.2) is 11.6 Å². The monoisotopic (exact) mass is 298 g/mol. The lowest BCUT2D eigenvalue weighted by Gasteiger charge is -2.19. The first kappa shape index (κ1) is 13.8. The predicted octanol–water partition coefficient (Wildman–Crippen LogP) is 4.19. The highest BCUT2D eigenvalue weighted by molar-refractivity contribution is 7.16. The molecular weight excluding hydrogens is 290 g/mol. The topological polar surface area (TPSA) is 27.0 Å². The third-order valence-electron chi connectivity index (χ3n) is 2.62. The number of hydrogen-bond acceptors (Lipinski definition) is 3. The molecule has 1 aromatic carbocycles. The van der Waals surface area contributed by atoms with Crippen molar-refractivity contribution in [3.63, 3.8) is 0 Å². The normalized spacial score (nSPS) is 10.3. The van der Waals surface area contributed by atoms with Crippen LogP contribution in [0.4, 0.5) is 14.5 Å². The Labute approximate surface area is 118 Å². The number of anilines is 1. The first-order valence-corrected chi connectivity index (χ1v) is 6.56. The summed E-state index contributed by atoms with van der Waals surface area (Å²) in [7, 11) is 1.65. The zero-order valence-electron chi connectivity index (χ0n) is 9.95. The Kier molecular flexibility index (Phi) is 4.03. The molecule has 1 heterocycles. The second kappa shape index (κ2) is 5.55. The summed E-state index contributed by atoms with van der Waals surface area (Å²) >= 11 is 7.20. The molecule has 1 aromatic heterocycles. The van der Waals surface area contributed by atoms with Gasteiger partial charge in [-0.15, -0.1) is 11.3 Å². The van der Waals surface area contributed by atoms with Crippen LogP contribution in [0.25, 0.3) is 0 Å². The van der Waals surface area contributed by atoms with E-state index in [0.29, 0.717) is 10.9 Å². The van der Waals surface area contributed by atoms with Gasteiger partial charge < -0.3 is 4.90 Å². The van der Waals surface area contributed by atoms with Gasteiger partial charge in [0.05, 0.1) is 22.1 Å². The van der Waals surface area contributed by atoms with Crippen molar-refractivity contribution in [2.75, 3.05) is 11.9 Å². The van der Waals surface area contributed by atoms with Gasteiger partial charge in [-0.25, -0.2) is 8.78 Å². The maximum atomic E-state index is 13.8. The summed E-state index contributed by atoms with van der Waals surface area (Å²) in [6.45, 7) is 0.416. The number of nitriles is 1. The summed E-state index contributed by atoms with van der Waals surface area (Å²) in [5.74, 6) is -2.12. The molecule has 0 fully saturated rings. The van der Waals surface area contributed by atoms with E-state index in [1.54, 1.807) is 24.1 Å². The molecule has 0 unspecified atom stereocenters. The molecule has 0 radical (unpaired) electrons. The average Bonchev–Trinajstić information content (AvgIpc) is 2.78. The molecule has 6 heteroatoms. The summed E-state index contributed by atoms with van der Waals surface area (Å²) in [6.07, 6.45) is 0. The molecule has 0 saturated carbocycles. The molecule has 0 N–H and O–H groups in total. The van der Waals surface area contributed by atoms with Crippen LogP contribution in [0, 0.1) is 23.0 Å². The number of nitrogens with zero attached hydrogens (tertiary/aromatic N) is 2. The van der Waals surface area contributed by atoms with E-state index in [1.165, 1.54) is 23.5 Å². The Hall–Kier alpha value is -1.64. The van der Waals surface area contributed by atoms with Crippen molar-refractivity contribution in [1.82, 2.24) is 0 Å². The lowest BCUT2D eigenvalue weighted by Crippen LogP contribution is -2.17. The summed E-state index contributed by atoms with van der Waals surface area (Å²) in [4.78, 5) is 2.51. The fraction of sp³-hybridized carbons (Fsp3) is 0.154. The van der Waals surface area contributed by atoms with Crippen LogP contribution in [0.15, 0.2) is 24.3 Å². The molecule has 0 aliphatic heterocycles. The Morgan fingerprint density at radius 2 is 2.00 bits per heavy atom. The van der Waals surface area contributed by atoms with Crippen LogP contribution >= 0.6 is 22.9 Å². The third-order valence-corrected chi connectivity index (χ3v) is 3.83. The molecule has 2 aromatic rings. The van der Waals surface area contributed by atoms with E-state index in [1.807, 2.05) is 6.07 Å². The second-order valence-electron chi connectivity index (χ2n) is 3.93. The molecule has 2 rings (SSSR count). The summed E-state index contributed by atoms with van der Waals surface area (Å²) in [6, 6.07) is 7.86. The van der Waals surface area contributed by atoms with E-state index in [4.69, 9.17) is 16.9 Å². The van der Waals surface area contributed by atoms with Gasteiger partial charge in [0.2, 0.25) is 0 Å². The molecule has 0 saturated heterocycles. The minimum Gasteiger partial charge on any atom is -0.367 e. The molecule has 0 aliphatic rings. The van der Waals surface area contributed by atoms with Crippen LogP contribution in [0.5, 0.6) is 0 Å². The van der Waals surface area contributed by atoms with E-state index < -0.39 is 11.6 Å². The lowest BCUT2D eigenvalue weighted by molar-refractivity contribution is 0.505. The Balaban J connectivity index is 2.27. The Morgan fingerprint density at radius 3 is 2.58 bits per heavy atom. The van der Waals surface area contributed by atoms with Gasteiger partial charge in [-0.2, -0.15) is 5.26 Å². The highest BCUT2D eigenvalue weighted by Crippen LogP contribution is 2.27. The minimum atomic E-state index is -1.11. The second-order valence-corrected chi connectivity index (χ2v) is 5.73. The fourth-order valence-corrected chi connectivity index (χ4v) is 2.82. The molecule has 98 valence electrons. The van der Waals surface area contributed by atoms with Gasteiger partial charge in [-0.1, -0.05) is 11.6 Å². The largest absolute Gasteiger partial charge is 0.367 e. The van der Waals surface area contributed by atoms with Crippen molar-refractivity contribution < 1.29 is 8.78 Å². The smallest absolute Gasteiger partial charge is 0.183 e. The Bertz CT molecular complexity index is 649. The average molecular weight is 299 g/mol. The van der Waals surface area contributed by atoms with Crippen LogP contribution in [0.3, 0.4) is 0 Å². The molecule has 19 heavy (non-hydrogen) atoms. The maximum Gasteiger partial charge on any atom is 0.183 e. The molecule has 0 bridgehead atoms. The van der Waals surface area contributed by atoms with Crippen LogP contribution in [-0.4, -0.2) is 7.05 Å². The van der Waals surface area contributed by atoms with E-state index in [2.05, 4.69) is 0 Å². The predicted molar refractivity (Wildman–Crippen MR) is 72.5 cm³/mol. The quantitative estimate of drug-likeness (QED) is 0.849. The fourth-order valence-electron chi connectivity index (χ4n) is 1.68. The summed E-state index contributed by atoms with van der Waals surface area (Å²) in [5.41, 5.74) is -0.185. The van der Waals surface area contributed by atoms with Gasteiger partial charge >= 0.3 is 0 Å². The van der Waals surface area contributed by atoms with E-state index in [9.17, 15) is 8.78 Å². The summed E-state index contributed by atoms with van der Waals surface area (Å²) < 4.78 is 28.0. The van der Waals surface area contributed by atoms with Gasteiger partial charge in [0.1, 0.15) is 6.07 Å². The van der Waals surface area contributed by atoms with Crippen LogP contribution in [0.1, 0.15) is 10.4 Å². The van der Waals surface area contributed by atoms with E-state index in [-0.39, 0.29) is 11.3 Å². The SMILES string of the molecule is CN(Cc1ccc(Cl)s1)c1ccc(C#N)c(F)c1F. The molecule has 0 amide bonds. The van der Waals surface area contributed by atoms with Crippen molar-refractivity contribution in [2.45, 2.75) is 6.54 Å². The molecule has 0 atom stereocenters. The Morgan fingerprint density at radius 1 is 1.26 bits per heavy atom. The molecular formula is C13H9ClF2N2S. The first-order chi connectivity index (χ1) is 9.02. The minimum absolute atomic E-state index is 0.112. The van der Waals surface area contributed by atoms with Crippen molar-refractivity contribution in [2.24, 2.45) is 0 Å². The van der Waals surface area contributed by atoms with Gasteiger partial charge in [-0.05, 0) is 24.3 Å². The van der Waals surface area contributed by atoms with E-state index in [0.717, 1.165) is 4.88 Å². The van der Waals surface area contributed by atoms with Gasteiger partial charge in [0, 0.05) is 11.9 Å². The number of rotatable bonds is 3. The summed E-state index contributed by atoms with van der Waals surface area (Å²) in [5, 5.41) is 8.63.